The molecule has 3 aromatic rings. The van der Waals surface area contributed by atoms with Gasteiger partial charge in [0.25, 0.3) is 10.0 Å². The number of anilines is 1. The van der Waals surface area contributed by atoms with Crippen molar-refractivity contribution in [2.45, 2.75) is 23.7 Å². The SMILES string of the molecule is C#Cc1ccc2c(c1)S(=O)(=O)N=C(C(=O)CCC(c1ccccc1)c1ncco1)N2. The maximum atomic E-state index is 12.8. The second kappa shape index (κ2) is 7.97. The number of carbonyl (C=O) groups excluding carboxylic acids is 1. The Morgan fingerprint density at radius 1 is 1.20 bits per heavy atom. The molecule has 4 rings (SSSR count). The molecule has 1 N–H and O–H groups in total. The fourth-order valence-corrected chi connectivity index (χ4v) is 4.45. The number of fused-ring (bicyclic) bond motifs is 1. The van der Waals surface area contributed by atoms with Gasteiger partial charge in [0.2, 0.25) is 5.89 Å². The molecular weight excluding hydrogens is 402 g/mol. The lowest BCUT2D eigenvalue weighted by atomic mass is 9.93. The van der Waals surface area contributed by atoms with Crippen LogP contribution in [0.15, 0.2) is 74.7 Å². The fraction of sp³-hybridized carbons (Fsp3) is 0.136. The maximum absolute atomic E-state index is 12.8. The Morgan fingerprint density at radius 2 is 2.00 bits per heavy atom. The van der Waals surface area contributed by atoms with Crippen LogP contribution >= 0.6 is 0 Å². The Hall–Kier alpha value is -3.70. The van der Waals surface area contributed by atoms with Gasteiger partial charge in [-0.15, -0.1) is 10.8 Å². The number of oxazole rings is 1. The first-order valence-electron chi connectivity index (χ1n) is 9.18. The maximum Gasteiger partial charge on any atom is 0.286 e. The van der Waals surface area contributed by atoms with Crippen molar-refractivity contribution in [2.24, 2.45) is 4.40 Å². The zero-order chi connectivity index (χ0) is 21.1. The first kappa shape index (κ1) is 19.6. The minimum Gasteiger partial charge on any atom is -0.448 e. The van der Waals surface area contributed by atoms with E-state index in [1.807, 2.05) is 30.3 Å². The Morgan fingerprint density at radius 3 is 2.70 bits per heavy atom. The predicted octanol–water partition coefficient (Wildman–Crippen LogP) is 3.35. The molecule has 0 fully saturated rings. The summed E-state index contributed by atoms with van der Waals surface area (Å²) in [7, 11) is -4.02. The number of nitrogens with one attached hydrogen (secondary N) is 1. The number of hydrogen-bond acceptors (Lipinski definition) is 6. The van der Waals surface area contributed by atoms with Crippen LogP contribution in [0.3, 0.4) is 0 Å². The van der Waals surface area contributed by atoms with Crippen LogP contribution in [0.1, 0.15) is 35.8 Å². The lowest BCUT2D eigenvalue weighted by Gasteiger charge is -2.18. The summed E-state index contributed by atoms with van der Waals surface area (Å²) in [5.74, 6) is 2.01. The average molecular weight is 419 g/mol. The average Bonchev–Trinajstić information content (AvgIpc) is 3.28. The Balaban J connectivity index is 1.55. The van der Waals surface area contributed by atoms with E-state index < -0.39 is 15.8 Å². The van der Waals surface area contributed by atoms with Crippen molar-refractivity contribution in [1.29, 1.82) is 0 Å². The summed E-state index contributed by atoms with van der Waals surface area (Å²) in [4.78, 5) is 17.0. The zero-order valence-corrected chi connectivity index (χ0v) is 16.6. The van der Waals surface area contributed by atoms with Crippen molar-refractivity contribution in [3.8, 4) is 12.3 Å². The molecule has 0 amide bonds. The highest BCUT2D eigenvalue weighted by Crippen LogP contribution is 2.30. The summed E-state index contributed by atoms with van der Waals surface area (Å²) in [6, 6.07) is 14.0. The molecule has 1 aliphatic rings. The number of sulfonamides is 1. The van der Waals surface area contributed by atoms with E-state index in [0.29, 0.717) is 17.9 Å². The molecule has 1 aromatic heterocycles. The summed E-state index contributed by atoms with van der Waals surface area (Å²) in [6.45, 7) is 0. The molecule has 2 aromatic carbocycles. The number of aromatic nitrogens is 1. The number of carbonyl (C=O) groups is 1. The van der Waals surface area contributed by atoms with Crippen LogP contribution in [0.2, 0.25) is 0 Å². The third-order valence-electron chi connectivity index (χ3n) is 4.77. The normalized spacial score (nSPS) is 15.2. The van der Waals surface area contributed by atoms with E-state index >= 15 is 0 Å². The summed E-state index contributed by atoms with van der Waals surface area (Å²) in [5.41, 5.74) is 1.64. The molecule has 7 nitrogen and oxygen atoms in total. The Labute approximate surface area is 173 Å². The van der Waals surface area contributed by atoms with Gasteiger partial charge in [-0.25, -0.2) is 4.98 Å². The number of Topliss-reactive ketones (excluding diaryl/α,β-unsaturated/α-hetero) is 1. The minimum atomic E-state index is -4.02. The largest absolute Gasteiger partial charge is 0.448 e. The number of amidine groups is 1. The first-order chi connectivity index (χ1) is 14.5. The smallest absolute Gasteiger partial charge is 0.286 e. The lowest BCUT2D eigenvalue weighted by molar-refractivity contribution is -0.113. The highest BCUT2D eigenvalue weighted by molar-refractivity contribution is 7.90. The van der Waals surface area contributed by atoms with Crippen molar-refractivity contribution in [3.05, 3.63) is 78.0 Å². The summed E-state index contributed by atoms with van der Waals surface area (Å²) in [6.07, 6.45) is 8.80. The second-order valence-electron chi connectivity index (χ2n) is 6.69. The molecule has 150 valence electrons. The van der Waals surface area contributed by atoms with Gasteiger partial charge < -0.3 is 9.73 Å². The predicted molar refractivity (Wildman–Crippen MR) is 112 cm³/mol. The monoisotopic (exact) mass is 419 g/mol. The van der Waals surface area contributed by atoms with Crippen molar-refractivity contribution >= 4 is 27.3 Å². The number of ketones is 1. The highest BCUT2D eigenvalue weighted by atomic mass is 32.2. The molecule has 0 saturated heterocycles. The molecule has 0 aliphatic carbocycles. The van der Waals surface area contributed by atoms with E-state index in [0.717, 1.165) is 5.56 Å². The van der Waals surface area contributed by atoms with Crippen molar-refractivity contribution in [2.75, 3.05) is 5.32 Å². The summed E-state index contributed by atoms with van der Waals surface area (Å²) >= 11 is 0. The van der Waals surface area contributed by atoms with Gasteiger partial charge in [-0.05, 0) is 30.2 Å². The quantitative estimate of drug-likeness (QED) is 0.615. The van der Waals surface area contributed by atoms with Crippen molar-refractivity contribution in [1.82, 2.24) is 4.98 Å². The number of hydrogen-bond donors (Lipinski definition) is 1. The summed E-state index contributed by atoms with van der Waals surface area (Å²) < 4.78 is 34.2. The van der Waals surface area contributed by atoms with Crippen LogP contribution in [0.5, 0.6) is 0 Å². The van der Waals surface area contributed by atoms with Crippen LogP contribution in [0.4, 0.5) is 5.69 Å². The van der Waals surface area contributed by atoms with Gasteiger partial charge in [-0.1, -0.05) is 36.3 Å². The van der Waals surface area contributed by atoms with Crippen LogP contribution in [-0.2, 0) is 14.8 Å². The summed E-state index contributed by atoms with van der Waals surface area (Å²) in [5, 5.41) is 2.82. The van der Waals surface area contributed by atoms with Crippen LogP contribution in [0.25, 0.3) is 0 Å². The third kappa shape index (κ3) is 3.88. The van der Waals surface area contributed by atoms with Gasteiger partial charge in [0.1, 0.15) is 11.2 Å². The van der Waals surface area contributed by atoms with Gasteiger partial charge in [0.05, 0.1) is 17.8 Å². The fourth-order valence-electron chi connectivity index (χ4n) is 3.29. The third-order valence-corrected chi connectivity index (χ3v) is 6.08. The zero-order valence-electron chi connectivity index (χ0n) is 15.8. The first-order valence-corrected chi connectivity index (χ1v) is 10.6. The number of terminal acetylenes is 1. The van der Waals surface area contributed by atoms with Gasteiger partial charge >= 0.3 is 0 Å². The molecular formula is C22H17N3O4S. The Kier molecular flexibility index (Phi) is 5.21. The number of rotatable bonds is 6. The van der Waals surface area contributed by atoms with Crippen molar-refractivity contribution in [3.63, 3.8) is 0 Å². The lowest BCUT2D eigenvalue weighted by Crippen LogP contribution is -2.29. The van der Waals surface area contributed by atoms with E-state index in [9.17, 15) is 13.2 Å². The number of benzene rings is 2. The molecule has 8 heteroatoms. The van der Waals surface area contributed by atoms with E-state index in [1.54, 1.807) is 12.3 Å². The van der Waals surface area contributed by atoms with Gasteiger partial charge in [0.15, 0.2) is 11.6 Å². The van der Waals surface area contributed by atoms with E-state index in [1.165, 1.54) is 18.4 Å². The van der Waals surface area contributed by atoms with Crippen LogP contribution < -0.4 is 5.32 Å². The molecule has 0 radical (unpaired) electrons. The standard InChI is InChI=1S/C22H17N3O4S/c1-2-15-8-10-18-20(14-15)30(27,28)25-21(24-18)19(26)11-9-17(22-23-12-13-29-22)16-6-4-3-5-7-16/h1,3-8,10,12-14,17H,9,11H2,(H,24,25). The molecule has 1 unspecified atom stereocenters. The van der Waals surface area contributed by atoms with E-state index in [-0.39, 0.29) is 28.8 Å². The molecule has 30 heavy (non-hydrogen) atoms. The second-order valence-corrected chi connectivity index (χ2v) is 8.26. The molecule has 1 aliphatic heterocycles. The van der Waals surface area contributed by atoms with Gasteiger partial charge in [-0.2, -0.15) is 8.42 Å². The Bertz CT molecular complexity index is 1260. The highest BCUT2D eigenvalue weighted by Gasteiger charge is 2.29. The van der Waals surface area contributed by atoms with E-state index in [4.69, 9.17) is 10.8 Å². The van der Waals surface area contributed by atoms with E-state index in [2.05, 4.69) is 20.6 Å². The molecule has 0 spiro atoms. The van der Waals surface area contributed by atoms with Crippen LogP contribution in [-0.4, -0.2) is 25.0 Å². The molecule has 0 saturated carbocycles. The molecule has 0 bridgehead atoms. The van der Waals surface area contributed by atoms with Crippen molar-refractivity contribution < 1.29 is 17.6 Å². The number of nitrogens with zero attached hydrogens (tertiary/aromatic N) is 2. The molecule has 2 heterocycles. The topological polar surface area (TPSA) is 102 Å². The molecule has 1 atom stereocenters. The minimum absolute atomic E-state index is 0.0450. The van der Waals surface area contributed by atoms with Gasteiger partial charge in [-0.3, -0.25) is 4.79 Å². The van der Waals surface area contributed by atoms with Crippen LogP contribution in [0, 0.1) is 12.3 Å². The van der Waals surface area contributed by atoms with Gasteiger partial charge in [0, 0.05) is 12.0 Å².